The predicted molar refractivity (Wildman–Crippen MR) is 63.6 cm³/mol. The van der Waals surface area contributed by atoms with Crippen LogP contribution in [0.2, 0.25) is 0 Å². The van der Waals surface area contributed by atoms with Crippen LogP contribution in [0.3, 0.4) is 0 Å². The second kappa shape index (κ2) is 4.69. The molecule has 2 aromatic rings. The van der Waals surface area contributed by atoms with E-state index in [0.717, 1.165) is 11.2 Å². The Kier molecular flexibility index (Phi) is 3.08. The monoisotopic (exact) mass is 195 g/mol. The molecule has 2 heteroatoms. The third kappa shape index (κ3) is 2.88. The first-order valence-electron chi connectivity index (χ1n) is 4.96. The number of benzene rings is 2. The Bertz CT molecular complexity index is 408. The average Bonchev–Trinajstić information content (AvgIpc) is 2.30. The summed E-state index contributed by atoms with van der Waals surface area (Å²) in [7, 11) is 1.76. The summed E-state index contributed by atoms with van der Waals surface area (Å²) in [5, 5.41) is 0. The van der Waals surface area contributed by atoms with Crippen LogP contribution in [0.5, 0.6) is 5.75 Å². The van der Waals surface area contributed by atoms with Crippen molar-refractivity contribution < 1.29 is 4.65 Å². The van der Waals surface area contributed by atoms with E-state index in [-0.39, 0.29) is 0 Å². The van der Waals surface area contributed by atoms with Gasteiger partial charge in [0.05, 0.1) is 5.75 Å². The molecule has 1 radical (unpaired) electrons. The topological polar surface area (TPSA) is 9.23 Å². The lowest BCUT2D eigenvalue weighted by atomic mass is 9.87. The van der Waals surface area contributed by atoms with Gasteiger partial charge < -0.3 is 4.65 Å². The highest BCUT2D eigenvalue weighted by Gasteiger charge is 1.98. The number of rotatable bonds is 3. The van der Waals surface area contributed by atoms with Gasteiger partial charge >= 0.3 is 7.48 Å². The molecule has 0 atom stereocenters. The fourth-order valence-electron chi connectivity index (χ4n) is 1.28. The molecule has 2 rings (SSSR count). The molecular formula is C13H12BO. The number of hydrogen-bond donors (Lipinski definition) is 0. The van der Waals surface area contributed by atoms with E-state index in [9.17, 15) is 0 Å². The van der Waals surface area contributed by atoms with Crippen molar-refractivity contribution in [3.8, 4) is 5.75 Å². The van der Waals surface area contributed by atoms with E-state index in [1.807, 2.05) is 42.5 Å². The molecule has 0 bridgehead atoms. The quantitative estimate of drug-likeness (QED) is 0.683. The highest BCUT2D eigenvalue weighted by Crippen LogP contribution is 2.07. The summed E-state index contributed by atoms with van der Waals surface area (Å²) in [6.45, 7) is 2.07. The molecule has 0 spiro atoms. The van der Waals surface area contributed by atoms with Gasteiger partial charge in [-0.15, -0.1) is 0 Å². The molecule has 0 aliphatic heterocycles. The van der Waals surface area contributed by atoms with Crippen LogP contribution in [0.15, 0.2) is 54.6 Å². The molecule has 0 amide bonds. The molecule has 0 saturated carbocycles. The second-order valence-corrected chi connectivity index (χ2v) is 3.46. The molecule has 15 heavy (non-hydrogen) atoms. The highest BCUT2D eigenvalue weighted by atomic mass is 16.4. The number of aryl methyl sites for hydroxylation is 1. The van der Waals surface area contributed by atoms with Crippen LogP contribution >= 0.6 is 0 Å². The molecule has 1 nitrogen and oxygen atoms in total. The third-order valence-corrected chi connectivity index (χ3v) is 2.15. The summed E-state index contributed by atoms with van der Waals surface area (Å²) >= 11 is 0. The Labute approximate surface area is 91.0 Å². The third-order valence-electron chi connectivity index (χ3n) is 2.15. The van der Waals surface area contributed by atoms with Crippen molar-refractivity contribution in [1.82, 2.24) is 0 Å². The minimum absolute atomic E-state index is 0.859. The summed E-state index contributed by atoms with van der Waals surface area (Å²) < 4.78 is 5.51. The Morgan fingerprint density at radius 1 is 0.867 bits per heavy atom. The zero-order chi connectivity index (χ0) is 10.5. The minimum Gasteiger partial charge on any atom is -0.558 e. The van der Waals surface area contributed by atoms with Crippen molar-refractivity contribution in [2.24, 2.45) is 0 Å². The molecule has 0 aliphatic rings. The maximum Gasteiger partial charge on any atom is 0.408 e. The molecule has 2 aromatic carbocycles. The Balaban J connectivity index is 1.96. The van der Waals surface area contributed by atoms with Crippen molar-refractivity contribution in [2.45, 2.75) is 6.92 Å². The summed E-state index contributed by atoms with van der Waals surface area (Å²) in [6, 6.07) is 18.0. The summed E-state index contributed by atoms with van der Waals surface area (Å²) in [6.07, 6.45) is 0. The van der Waals surface area contributed by atoms with Crippen molar-refractivity contribution in [1.29, 1.82) is 0 Å². The largest absolute Gasteiger partial charge is 0.558 e. The summed E-state index contributed by atoms with van der Waals surface area (Å²) in [4.78, 5) is 0. The van der Waals surface area contributed by atoms with Crippen molar-refractivity contribution in [3.05, 3.63) is 60.2 Å². The predicted octanol–water partition coefficient (Wildman–Crippen LogP) is 2.32. The summed E-state index contributed by atoms with van der Waals surface area (Å²) in [5.74, 6) is 0.859. The number of hydrogen-bond acceptors (Lipinski definition) is 1. The van der Waals surface area contributed by atoms with Crippen LogP contribution in [0.25, 0.3) is 0 Å². The molecule has 0 unspecified atom stereocenters. The van der Waals surface area contributed by atoms with E-state index in [1.54, 1.807) is 7.48 Å². The zero-order valence-corrected chi connectivity index (χ0v) is 8.68. The van der Waals surface area contributed by atoms with Crippen LogP contribution in [0, 0.1) is 6.92 Å². The Morgan fingerprint density at radius 3 is 2.20 bits per heavy atom. The Hall–Kier alpha value is -1.70. The fourth-order valence-corrected chi connectivity index (χ4v) is 1.28. The smallest absolute Gasteiger partial charge is 0.408 e. The van der Waals surface area contributed by atoms with Crippen LogP contribution in [0.1, 0.15) is 5.56 Å². The van der Waals surface area contributed by atoms with Gasteiger partial charge in [-0.05, 0) is 24.5 Å². The first kappa shape index (κ1) is 9.84. The molecule has 0 aliphatic carbocycles. The van der Waals surface area contributed by atoms with Crippen LogP contribution < -0.4 is 10.1 Å². The van der Waals surface area contributed by atoms with Gasteiger partial charge in [0, 0.05) is 0 Å². The normalized spacial score (nSPS) is 9.67. The van der Waals surface area contributed by atoms with Gasteiger partial charge in [0.1, 0.15) is 0 Å². The van der Waals surface area contributed by atoms with Gasteiger partial charge in [-0.1, -0.05) is 48.0 Å². The van der Waals surface area contributed by atoms with E-state index in [2.05, 4.69) is 19.1 Å². The van der Waals surface area contributed by atoms with E-state index in [1.165, 1.54) is 5.56 Å². The molecule has 0 heterocycles. The molecular weight excluding hydrogens is 183 g/mol. The van der Waals surface area contributed by atoms with Gasteiger partial charge in [-0.2, -0.15) is 0 Å². The zero-order valence-electron chi connectivity index (χ0n) is 8.68. The van der Waals surface area contributed by atoms with Gasteiger partial charge in [-0.3, -0.25) is 0 Å². The first-order valence-corrected chi connectivity index (χ1v) is 4.96. The van der Waals surface area contributed by atoms with E-state index in [4.69, 9.17) is 4.65 Å². The van der Waals surface area contributed by atoms with Crippen molar-refractivity contribution in [2.75, 3.05) is 0 Å². The van der Waals surface area contributed by atoms with Gasteiger partial charge in [0.15, 0.2) is 0 Å². The molecule has 0 aromatic heterocycles. The van der Waals surface area contributed by atoms with E-state index < -0.39 is 0 Å². The lowest BCUT2D eigenvalue weighted by Gasteiger charge is -2.04. The molecule has 0 saturated heterocycles. The fraction of sp³-hybridized carbons (Fsp3) is 0.0769. The average molecular weight is 195 g/mol. The molecule has 73 valence electrons. The van der Waals surface area contributed by atoms with Gasteiger partial charge in [0.25, 0.3) is 0 Å². The van der Waals surface area contributed by atoms with Crippen LogP contribution in [-0.4, -0.2) is 7.48 Å². The Morgan fingerprint density at radius 2 is 1.53 bits per heavy atom. The highest BCUT2D eigenvalue weighted by molar-refractivity contribution is 6.47. The maximum absolute atomic E-state index is 5.51. The van der Waals surface area contributed by atoms with Gasteiger partial charge in [-0.25, -0.2) is 0 Å². The molecule has 0 fully saturated rings. The van der Waals surface area contributed by atoms with Crippen molar-refractivity contribution >= 4 is 12.9 Å². The first-order chi connectivity index (χ1) is 7.34. The summed E-state index contributed by atoms with van der Waals surface area (Å²) in [5.41, 5.74) is 2.33. The molecule has 0 N–H and O–H groups in total. The second-order valence-electron chi connectivity index (χ2n) is 3.46. The van der Waals surface area contributed by atoms with E-state index >= 15 is 0 Å². The maximum atomic E-state index is 5.51. The van der Waals surface area contributed by atoms with Crippen LogP contribution in [-0.2, 0) is 0 Å². The van der Waals surface area contributed by atoms with E-state index in [0.29, 0.717) is 0 Å². The lowest BCUT2D eigenvalue weighted by Crippen LogP contribution is -2.19. The number of para-hydroxylation sites is 1. The standard InChI is InChI=1S/C13H12BO/c1-11-7-9-12(10-8-11)14-15-13-5-3-2-4-6-13/h2-10H,1H3. The van der Waals surface area contributed by atoms with Crippen molar-refractivity contribution in [3.63, 3.8) is 0 Å². The van der Waals surface area contributed by atoms with Gasteiger partial charge in [0.2, 0.25) is 0 Å². The lowest BCUT2D eigenvalue weighted by molar-refractivity contribution is 0.605. The minimum atomic E-state index is 0.859. The SMILES string of the molecule is Cc1ccc([B]Oc2ccccc2)cc1. The van der Waals surface area contributed by atoms with Crippen LogP contribution in [0.4, 0.5) is 0 Å².